The molecule has 4 rings (SSSR count). The number of halogens is 1. The number of hydrogen-bond acceptors (Lipinski definition) is 8. The van der Waals surface area contributed by atoms with E-state index in [1.807, 2.05) is 6.92 Å². The molecule has 148 valence electrons. The first-order chi connectivity index (χ1) is 13.7. The summed E-state index contributed by atoms with van der Waals surface area (Å²) in [5, 5.41) is 12.2. The lowest BCUT2D eigenvalue weighted by Gasteiger charge is -2.32. The summed E-state index contributed by atoms with van der Waals surface area (Å²) in [7, 11) is 1.60. The fourth-order valence-corrected chi connectivity index (χ4v) is 3.35. The van der Waals surface area contributed by atoms with Crippen LogP contribution in [0.3, 0.4) is 0 Å². The van der Waals surface area contributed by atoms with E-state index in [9.17, 15) is 4.39 Å². The molecular formula is C19H22FN5O3. The molecule has 1 aliphatic heterocycles. The van der Waals surface area contributed by atoms with Crippen LogP contribution in [-0.2, 0) is 11.3 Å². The minimum atomic E-state index is -0.385. The molecule has 1 saturated heterocycles. The first-order valence-electron chi connectivity index (χ1n) is 9.33. The van der Waals surface area contributed by atoms with Crippen LogP contribution in [0.2, 0.25) is 0 Å². The molecule has 1 aromatic carbocycles. The van der Waals surface area contributed by atoms with Gasteiger partial charge in [0.15, 0.2) is 5.82 Å². The van der Waals surface area contributed by atoms with Gasteiger partial charge in [-0.25, -0.2) is 4.39 Å². The Bertz CT molecular complexity index is 928. The smallest absolute Gasteiger partial charge is 0.250 e. The molecule has 0 spiro atoms. The van der Waals surface area contributed by atoms with E-state index < -0.39 is 0 Å². The molecule has 28 heavy (non-hydrogen) atoms. The van der Waals surface area contributed by atoms with Crippen LogP contribution in [0.4, 0.5) is 4.39 Å². The van der Waals surface area contributed by atoms with Crippen LogP contribution in [0.5, 0.6) is 0 Å². The molecule has 2 aromatic heterocycles. The van der Waals surface area contributed by atoms with E-state index in [0.717, 1.165) is 25.8 Å². The highest BCUT2D eigenvalue weighted by atomic mass is 19.1. The lowest BCUT2D eigenvalue weighted by molar-refractivity contribution is 0.104. The normalized spacial score (nSPS) is 19.0. The maximum atomic E-state index is 14.0. The van der Waals surface area contributed by atoms with Crippen LogP contribution in [0.25, 0.3) is 11.5 Å². The second-order valence-corrected chi connectivity index (χ2v) is 6.83. The lowest BCUT2D eigenvalue weighted by Crippen LogP contribution is -2.33. The predicted octanol–water partition coefficient (Wildman–Crippen LogP) is 3.69. The molecule has 8 nitrogen and oxygen atoms in total. The first kappa shape index (κ1) is 18.7. The van der Waals surface area contributed by atoms with Gasteiger partial charge >= 0.3 is 0 Å². The van der Waals surface area contributed by atoms with E-state index in [4.69, 9.17) is 13.7 Å². The van der Waals surface area contributed by atoms with Crippen molar-refractivity contribution in [2.24, 2.45) is 0 Å². The maximum absolute atomic E-state index is 14.0. The molecule has 3 heterocycles. The number of methoxy groups -OCH3 is 1. The molecule has 0 radical (unpaired) electrons. The minimum Gasteiger partial charge on any atom is -0.419 e. The number of rotatable bonds is 6. The maximum Gasteiger partial charge on any atom is 0.250 e. The predicted molar refractivity (Wildman–Crippen MR) is 96.4 cm³/mol. The number of piperidine rings is 1. The molecule has 0 amide bonds. The monoisotopic (exact) mass is 387 g/mol. The number of nitrogens with zero attached hydrogens (tertiary/aromatic N) is 5. The molecule has 0 saturated carbocycles. The SMILES string of the molecule is COC(C)c1noc(CN2CCCCC2c2nnc(-c3ccccc3F)o2)n1. The molecule has 0 N–H and O–H groups in total. The summed E-state index contributed by atoms with van der Waals surface area (Å²) in [6, 6.07) is 6.30. The largest absolute Gasteiger partial charge is 0.419 e. The van der Waals surface area contributed by atoms with Gasteiger partial charge in [0.25, 0.3) is 5.89 Å². The molecule has 3 aromatic rings. The molecule has 2 atom stereocenters. The highest BCUT2D eigenvalue weighted by Gasteiger charge is 2.30. The zero-order valence-electron chi connectivity index (χ0n) is 15.8. The third-order valence-corrected chi connectivity index (χ3v) is 4.98. The Labute approximate surface area is 161 Å². The van der Waals surface area contributed by atoms with Crippen molar-refractivity contribution in [3.05, 3.63) is 47.7 Å². The van der Waals surface area contributed by atoms with Gasteiger partial charge in [0.1, 0.15) is 11.9 Å². The van der Waals surface area contributed by atoms with Crippen LogP contribution >= 0.6 is 0 Å². The Morgan fingerprint density at radius 3 is 2.96 bits per heavy atom. The lowest BCUT2D eigenvalue weighted by atomic mass is 10.0. The van der Waals surface area contributed by atoms with Gasteiger partial charge in [-0.3, -0.25) is 4.90 Å². The van der Waals surface area contributed by atoms with E-state index in [-0.39, 0.29) is 23.9 Å². The van der Waals surface area contributed by atoms with Gasteiger partial charge in [-0.2, -0.15) is 4.98 Å². The molecule has 0 aliphatic carbocycles. The molecule has 0 bridgehead atoms. The van der Waals surface area contributed by atoms with Gasteiger partial charge in [0.2, 0.25) is 11.8 Å². The van der Waals surface area contributed by atoms with E-state index in [2.05, 4.69) is 25.2 Å². The number of aromatic nitrogens is 4. The van der Waals surface area contributed by atoms with Gasteiger partial charge in [0.05, 0.1) is 18.2 Å². The summed E-state index contributed by atoms with van der Waals surface area (Å²) in [6.45, 7) is 3.19. The molecule has 2 unspecified atom stereocenters. The highest BCUT2D eigenvalue weighted by Crippen LogP contribution is 2.33. The molecular weight excluding hydrogens is 365 g/mol. The zero-order valence-corrected chi connectivity index (χ0v) is 15.8. The molecule has 1 fully saturated rings. The summed E-state index contributed by atoms with van der Waals surface area (Å²) in [4.78, 5) is 6.58. The number of benzene rings is 1. The Kier molecular flexibility index (Phi) is 5.45. The van der Waals surface area contributed by atoms with Crippen molar-refractivity contribution in [1.29, 1.82) is 0 Å². The van der Waals surface area contributed by atoms with Crippen molar-refractivity contribution in [3.8, 4) is 11.5 Å². The zero-order chi connectivity index (χ0) is 19.5. The molecule has 9 heteroatoms. The van der Waals surface area contributed by atoms with Gasteiger partial charge in [-0.15, -0.1) is 10.2 Å². The number of ether oxygens (including phenoxy) is 1. The highest BCUT2D eigenvalue weighted by molar-refractivity contribution is 5.53. The van der Waals surface area contributed by atoms with Crippen LogP contribution in [-0.4, -0.2) is 38.9 Å². The van der Waals surface area contributed by atoms with Crippen molar-refractivity contribution in [2.75, 3.05) is 13.7 Å². The number of hydrogen-bond donors (Lipinski definition) is 0. The standard InChI is InChI=1S/C19H22FN5O3/c1-12(26-2)17-21-16(28-24-17)11-25-10-6-5-9-15(25)19-23-22-18(27-19)13-7-3-4-8-14(13)20/h3-4,7-8,12,15H,5-6,9-11H2,1-2H3. The van der Waals surface area contributed by atoms with Gasteiger partial charge < -0.3 is 13.7 Å². The second-order valence-electron chi connectivity index (χ2n) is 6.83. The Morgan fingerprint density at radius 1 is 1.29 bits per heavy atom. The first-order valence-corrected chi connectivity index (χ1v) is 9.33. The van der Waals surface area contributed by atoms with Crippen LogP contribution < -0.4 is 0 Å². The van der Waals surface area contributed by atoms with Crippen LogP contribution in [0.1, 0.15) is 55.9 Å². The fraction of sp³-hybridized carbons (Fsp3) is 0.474. The molecule has 1 aliphatic rings. The Balaban J connectivity index is 1.53. The average Bonchev–Trinajstić information content (AvgIpc) is 3.38. The average molecular weight is 387 g/mol. The van der Waals surface area contributed by atoms with Crippen molar-refractivity contribution >= 4 is 0 Å². The fourth-order valence-electron chi connectivity index (χ4n) is 3.35. The van der Waals surface area contributed by atoms with Gasteiger partial charge in [0, 0.05) is 7.11 Å². The summed E-state index contributed by atoms with van der Waals surface area (Å²) in [6.07, 6.45) is 2.75. The third kappa shape index (κ3) is 3.81. The summed E-state index contributed by atoms with van der Waals surface area (Å²) in [5.41, 5.74) is 0.304. The van der Waals surface area contributed by atoms with E-state index in [1.54, 1.807) is 25.3 Å². The van der Waals surface area contributed by atoms with Crippen LogP contribution in [0, 0.1) is 5.82 Å². The van der Waals surface area contributed by atoms with Crippen molar-refractivity contribution in [3.63, 3.8) is 0 Å². The van der Waals surface area contributed by atoms with Gasteiger partial charge in [-0.05, 0) is 38.4 Å². The third-order valence-electron chi connectivity index (χ3n) is 4.98. The Morgan fingerprint density at radius 2 is 2.14 bits per heavy atom. The summed E-state index contributed by atoms with van der Waals surface area (Å²) >= 11 is 0. The van der Waals surface area contributed by atoms with Crippen LogP contribution in [0.15, 0.2) is 33.2 Å². The van der Waals surface area contributed by atoms with Crippen molar-refractivity contribution in [1.82, 2.24) is 25.2 Å². The topological polar surface area (TPSA) is 90.3 Å². The van der Waals surface area contributed by atoms with Crippen molar-refractivity contribution in [2.45, 2.75) is 44.9 Å². The minimum absolute atomic E-state index is 0.0722. The summed E-state index contributed by atoms with van der Waals surface area (Å²) < 4.78 is 30.4. The second kappa shape index (κ2) is 8.15. The van der Waals surface area contributed by atoms with Gasteiger partial charge in [-0.1, -0.05) is 23.7 Å². The number of likely N-dealkylation sites (tertiary alicyclic amines) is 1. The van der Waals surface area contributed by atoms with E-state index >= 15 is 0 Å². The quantitative estimate of drug-likeness (QED) is 0.632. The van der Waals surface area contributed by atoms with E-state index in [1.165, 1.54) is 6.07 Å². The summed E-state index contributed by atoms with van der Waals surface area (Å²) in [5.74, 6) is 1.31. The Hall–Kier alpha value is -2.65. The van der Waals surface area contributed by atoms with Crippen molar-refractivity contribution < 1.29 is 18.1 Å². The van der Waals surface area contributed by atoms with E-state index in [0.29, 0.717) is 29.7 Å².